The number of hydrogen-bond donors (Lipinski definition) is 2. The molecule has 2 nitrogen and oxygen atoms in total. The number of aryl methyl sites for hydroxylation is 1. The van der Waals surface area contributed by atoms with Crippen molar-refractivity contribution < 1.29 is 4.39 Å². The highest BCUT2D eigenvalue weighted by molar-refractivity contribution is 5.44. The zero-order valence-electron chi connectivity index (χ0n) is 10.6. The van der Waals surface area contributed by atoms with Crippen LogP contribution in [0.4, 0.5) is 10.1 Å². The maximum absolute atomic E-state index is 13.3. The number of benzene rings is 2. The first-order chi connectivity index (χ1) is 8.61. The fourth-order valence-corrected chi connectivity index (χ4v) is 2.11. The lowest BCUT2D eigenvalue weighted by molar-refractivity contribution is 0.614. The van der Waals surface area contributed by atoms with Crippen molar-refractivity contribution in [1.29, 1.82) is 0 Å². The van der Waals surface area contributed by atoms with Crippen molar-refractivity contribution in [3.05, 3.63) is 65.0 Å². The molecule has 18 heavy (non-hydrogen) atoms. The van der Waals surface area contributed by atoms with Crippen LogP contribution in [-0.4, -0.2) is 7.05 Å². The van der Waals surface area contributed by atoms with Crippen molar-refractivity contribution in [3.8, 4) is 0 Å². The van der Waals surface area contributed by atoms with Gasteiger partial charge in [0.15, 0.2) is 0 Å². The molecule has 0 amide bonds. The Morgan fingerprint density at radius 1 is 1.11 bits per heavy atom. The van der Waals surface area contributed by atoms with Gasteiger partial charge in [0.05, 0.1) is 6.04 Å². The van der Waals surface area contributed by atoms with E-state index in [0.29, 0.717) is 5.56 Å². The Bertz CT molecular complexity index is 552. The Labute approximate surface area is 107 Å². The van der Waals surface area contributed by atoms with E-state index in [9.17, 15) is 4.39 Å². The first-order valence-electron chi connectivity index (χ1n) is 5.90. The minimum atomic E-state index is -0.179. The predicted molar refractivity (Wildman–Crippen MR) is 72.9 cm³/mol. The molecule has 0 aliphatic rings. The molecule has 2 rings (SSSR count). The number of halogens is 1. The number of hydrogen-bond acceptors (Lipinski definition) is 2. The Kier molecular flexibility index (Phi) is 3.63. The summed E-state index contributed by atoms with van der Waals surface area (Å²) in [5, 5.41) is 3.23. The fraction of sp³-hybridized carbons (Fsp3) is 0.200. The summed E-state index contributed by atoms with van der Waals surface area (Å²) >= 11 is 0. The summed E-state index contributed by atoms with van der Waals surface area (Å²) < 4.78 is 13.3. The third-order valence-corrected chi connectivity index (χ3v) is 3.05. The van der Waals surface area contributed by atoms with Crippen LogP contribution in [0.15, 0.2) is 42.5 Å². The van der Waals surface area contributed by atoms with Gasteiger partial charge in [-0.3, -0.25) is 0 Å². The molecule has 0 saturated heterocycles. The summed E-state index contributed by atoms with van der Waals surface area (Å²) in [5.74, 6) is -0.179. The Morgan fingerprint density at radius 3 is 2.44 bits per heavy atom. The standard InChI is InChI=1S/C15H17FN2/c1-10-8-12(6-7-14(10)16)15(18-2)11-4-3-5-13(17)9-11/h3-9,15,18H,17H2,1-2H3. The summed E-state index contributed by atoms with van der Waals surface area (Å²) in [5.41, 5.74) is 9.28. The van der Waals surface area contributed by atoms with Gasteiger partial charge in [0, 0.05) is 5.69 Å². The van der Waals surface area contributed by atoms with Gasteiger partial charge in [0.25, 0.3) is 0 Å². The van der Waals surface area contributed by atoms with Crippen LogP contribution < -0.4 is 11.1 Å². The lowest BCUT2D eigenvalue weighted by Crippen LogP contribution is -2.18. The molecule has 0 heterocycles. The molecule has 0 aromatic heterocycles. The molecule has 2 aromatic carbocycles. The number of rotatable bonds is 3. The summed E-state index contributed by atoms with van der Waals surface area (Å²) in [7, 11) is 1.88. The Balaban J connectivity index is 2.42. The van der Waals surface area contributed by atoms with Gasteiger partial charge in [-0.2, -0.15) is 0 Å². The molecule has 0 saturated carbocycles. The predicted octanol–water partition coefficient (Wildman–Crippen LogP) is 3.03. The van der Waals surface area contributed by atoms with Crippen LogP contribution in [0.3, 0.4) is 0 Å². The van der Waals surface area contributed by atoms with Crippen LogP contribution in [0, 0.1) is 12.7 Å². The van der Waals surface area contributed by atoms with Crippen LogP contribution in [-0.2, 0) is 0 Å². The molecule has 0 bridgehead atoms. The van der Waals surface area contributed by atoms with E-state index in [0.717, 1.165) is 16.8 Å². The molecule has 0 aliphatic carbocycles. The summed E-state index contributed by atoms with van der Waals surface area (Å²) in [4.78, 5) is 0. The molecule has 2 aromatic rings. The highest BCUT2D eigenvalue weighted by Gasteiger charge is 2.13. The monoisotopic (exact) mass is 244 g/mol. The molecule has 0 spiro atoms. The van der Waals surface area contributed by atoms with Gasteiger partial charge in [-0.15, -0.1) is 0 Å². The summed E-state index contributed by atoms with van der Waals surface area (Å²) in [6, 6.07) is 12.9. The van der Waals surface area contributed by atoms with Crippen LogP contribution in [0.1, 0.15) is 22.7 Å². The lowest BCUT2D eigenvalue weighted by Gasteiger charge is -2.18. The van der Waals surface area contributed by atoms with E-state index in [4.69, 9.17) is 5.73 Å². The van der Waals surface area contributed by atoms with E-state index in [1.54, 1.807) is 13.0 Å². The molecule has 0 aliphatic heterocycles. The molecule has 3 heteroatoms. The van der Waals surface area contributed by atoms with Gasteiger partial charge in [0.2, 0.25) is 0 Å². The SMILES string of the molecule is CNC(c1cccc(N)c1)c1ccc(F)c(C)c1. The van der Waals surface area contributed by atoms with E-state index in [2.05, 4.69) is 5.32 Å². The van der Waals surface area contributed by atoms with Crippen LogP contribution >= 0.6 is 0 Å². The summed E-state index contributed by atoms with van der Waals surface area (Å²) in [6.07, 6.45) is 0. The van der Waals surface area contributed by atoms with Crippen molar-refractivity contribution in [2.24, 2.45) is 0 Å². The molecule has 1 atom stereocenters. The van der Waals surface area contributed by atoms with E-state index >= 15 is 0 Å². The second kappa shape index (κ2) is 5.19. The fourth-order valence-electron chi connectivity index (χ4n) is 2.11. The van der Waals surface area contributed by atoms with E-state index < -0.39 is 0 Å². The first kappa shape index (κ1) is 12.6. The molecule has 1 unspecified atom stereocenters. The third kappa shape index (κ3) is 2.51. The largest absolute Gasteiger partial charge is 0.399 e. The van der Waals surface area contributed by atoms with Crippen molar-refractivity contribution in [1.82, 2.24) is 5.32 Å². The van der Waals surface area contributed by atoms with Crippen LogP contribution in [0.5, 0.6) is 0 Å². The van der Waals surface area contributed by atoms with Crippen LogP contribution in [0.2, 0.25) is 0 Å². The molecular weight excluding hydrogens is 227 g/mol. The molecule has 0 fully saturated rings. The zero-order valence-corrected chi connectivity index (χ0v) is 10.6. The van der Waals surface area contributed by atoms with Gasteiger partial charge in [-0.1, -0.05) is 24.3 Å². The van der Waals surface area contributed by atoms with Gasteiger partial charge in [-0.25, -0.2) is 4.39 Å². The van der Waals surface area contributed by atoms with Crippen molar-refractivity contribution in [2.45, 2.75) is 13.0 Å². The molecule has 94 valence electrons. The Hall–Kier alpha value is -1.87. The minimum absolute atomic E-state index is 0.0211. The third-order valence-electron chi connectivity index (χ3n) is 3.05. The van der Waals surface area contributed by atoms with Gasteiger partial charge >= 0.3 is 0 Å². The number of nitrogens with two attached hydrogens (primary N) is 1. The van der Waals surface area contributed by atoms with Crippen molar-refractivity contribution >= 4 is 5.69 Å². The highest BCUT2D eigenvalue weighted by atomic mass is 19.1. The quantitative estimate of drug-likeness (QED) is 0.814. The van der Waals surface area contributed by atoms with E-state index in [1.807, 2.05) is 37.4 Å². The zero-order chi connectivity index (χ0) is 13.1. The maximum atomic E-state index is 13.3. The van der Waals surface area contributed by atoms with Gasteiger partial charge in [0.1, 0.15) is 5.82 Å². The molecule has 3 N–H and O–H groups in total. The average molecular weight is 244 g/mol. The van der Waals surface area contributed by atoms with Gasteiger partial charge < -0.3 is 11.1 Å². The van der Waals surface area contributed by atoms with Crippen molar-refractivity contribution in [3.63, 3.8) is 0 Å². The first-order valence-corrected chi connectivity index (χ1v) is 5.90. The normalized spacial score (nSPS) is 12.4. The number of nitrogens with one attached hydrogen (secondary N) is 1. The average Bonchev–Trinajstić information content (AvgIpc) is 2.35. The highest BCUT2D eigenvalue weighted by Crippen LogP contribution is 2.24. The minimum Gasteiger partial charge on any atom is -0.399 e. The summed E-state index contributed by atoms with van der Waals surface area (Å²) in [6.45, 7) is 1.77. The lowest BCUT2D eigenvalue weighted by atomic mass is 9.97. The topological polar surface area (TPSA) is 38.0 Å². The molecular formula is C15H17FN2. The number of nitrogen functional groups attached to an aromatic ring is 1. The van der Waals surface area contributed by atoms with Crippen molar-refractivity contribution in [2.75, 3.05) is 12.8 Å². The smallest absolute Gasteiger partial charge is 0.126 e. The number of anilines is 1. The van der Waals surface area contributed by atoms with E-state index in [1.165, 1.54) is 6.07 Å². The molecule has 0 radical (unpaired) electrons. The Morgan fingerprint density at radius 2 is 1.83 bits per heavy atom. The van der Waals surface area contributed by atoms with E-state index in [-0.39, 0.29) is 11.9 Å². The van der Waals surface area contributed by atoms with Crippen LogP contribution in [0.25, 0.3) is 0 Å². The second-order valence-electron chi connectivity index (χ2n) is 4.40. The second-order valence-corrected chi connectivity index (χ2v) is 4.40. The maximum Gasteiger partial charge on any atom is 0.126 e. The van der Waals surface area contributed by atoms with Gasteiger partial charge in [-0.05, 0) is 48.9 Å².